The Bertz CT molecular complexity index is 289. The summed E-state index contributed by atoms with van der Waals surface area (Å²) in [6, 6.07) is 0. The molecule has 0 saturated heterocycles. The van der Waals surface area contributed by atoms with Crippen LogP contribution in [-0.4, -0.2) is 21.8 Å². The number of ether oxygens (including phenoxy) is 1. The van der Waals surface area contributed by atoms with E-state index in [1.165, 1.54) is 6.33 Å². The lowest BCUT2D eigenvalue weighted by atomic mass is 10.2. The number of amides is 1. The van der Waals surface area contributed by atoms with E-state index in [1.54, 1.807) is 20.8 Å². The highest BCUT2D eigenvalue weighted by atomic mass is 16.6. The average molecular weight is 199 g/mol. The van der Waals surface area contributed by atoms with E-state index in [9.17, 15) is 4.79 Å². The third kappa shape index (κ3) is 3.88. The third-order valence-electron chi connectivity index (χ3n) is 1.19. The van der Waals surface area contributed by atoms with E-state index < -0.39 is 11.7 Å². The van der Waals surface area contributed by atoms with Crippen molar-refractivity contribution in [2.24, 2.45) is 0 Å². The predicted octanol–water partition coefficient (Wildman–Crippen LogP) is 1.09. The molecule has 0 spiro atoms. The van der Waals surface area contributed by atoms with E-state index in [-0.39, 0.29) is 6.54 Å². The molecule has 0 aromatic carbocycles. The minimum absolute atomic E-state index is 0.176. The molecule has 0 aliphatic rings. The van der Waals surface area contributed by atoms with Gasteiger partial charge in [-0.15, -0.1) is 0 Å². The second-order valence-corrected chi connectivity index (χ2v) is 3.69. The van der Waals surface area contributed by atoms with Crippen molar-refractivity contribution in [1.29, 1.82) is 0 Å². The lowest BCUT2D eigenvalue weighted by molar-refractivity contribution is 0.0518. The van der Waals surface area contributed by atoms with Crippen molar-refractivity contribution in [3.63, 3.8) is 0 Å². The van der Waals surface area contributed by atoms with Gasteiger partial charge in [0, 0.05) is 0 Å². The average Bonchev–Trinajstić information content (AvgIpc) is 2.49. The number of hydrogen-bond acceptors (Lipinski definition) is 5. The Kier molecular flexibility index (Phi) is 3.06. The number of alkyl carbamates (subject to hydrolysis) is 1. The highest BCUT2D eigenvalue weighted by molar-refractivity contribution is 5.67. The van der Waals surface area contributed by atoms with Crippen LogP contribution in [0.3, 0.4) is 0 Å². The molecule has 1 amide bonds. The lowest BCUT2D eigenvalue weighted by Gasteiger charge is -2.19. The van der Waals surface area contributed by atoms with Crippen LogP contribution in [0.4, 0.5) is 4.79 Å². The van der Waals surface area contributed by atoms with Gasteiger partial charge in [-0.05, 0) is 20.8 Å². The van der Waals surface area contributed by atoms with Crippen molar-refractivity contribution < 1.29 is 14.1 Å². The van der Waals surface area contributed by atoms with E-state index in [4.69, 9.17) is 4.74 Å². The second-order valence-electron chi connectivity index (χ2n) is 3.69. The Morgan fingerprint density at radius 2 is 2.36 bits per heavy atom. The normalized spacial score (nSPS) is 11.1. The summed E-state index contributed by atoms with van der Waals surface area (Å²) in [6.45, 7) is 5.55. The fraction of sp³-hybridized carbons (Fsp3) is 0.625. The molecule has 6 nitrogen and oxygen atoms in total. The van der Waals surface area contributed by atoms with Crippen molar-refractivity contribution in [2.45, 2.75) is 32.9 Å². The molecule has 0 aliphatic carbocycles. The van der Waals surface area contributed by atoms with Gasteiger partial charge < -0.3 is 14.6 Å². The fourth-order valence-corrected chi connectivity index (χ4v) is 0.736. The summed E-state index contributed by atoms with van der Waals surface area (Å²) in [7, 11) is 0. The summed E-state index contributed by atoms with van der Waals surface area (Å²) in [4.78, 5) is 14.9. The first-order valence-corrected chi connectivity index (χ1v) is 4.20. The summed E-state index contributed by atoms with van der Waals surface area (Å²) in [5, 5.41) is 5.88. The molecule has 0 fully saturated rings. The SMILES string of the molecule is CC(C)(C)OC(=O)NCc1ncno1. The van der Waals surface area contributed by atoms with Crippen LogP contribution >= 0.6 is 0 Å². The molecule has 0 aliphatic heterocycles. The minimum atomic E-state index is -0.504. The van der Waals surface area contributed by atoms with Gasteiger partial charge in [-0.1, -0.05) is 5.16 Å². The van der Waals surface area contributed by atoms with Gasteiger partial charge in [0.2, 0.25) is 5.89 Å². The molecular formula is C8H13N3O3. The predicted molar refractivity (Wildman–Crippen MR) is 47.4 cm³/mol. The number of rotatable bonds is 2. The molecule has 1 N–H and O–H groups in total. The Labute approximate surface area is 81.6 Å². The van der Waals surface area contributed by atoms with Crippen LogP contribution in [0.1, 0.15) is 26.7 Å². The maximum absolute atomic E-state index is 11.1. The third-order valence-corrected chi connectivity index (χ3v) is 1.19. The molecule has 0 radical (unpaired) electrons. The first kappa shape index (κ1) is 10.5. The lowest BCUT2D eigenvalue weighted by Crippen LogP contribution is -2.32. The quantitative estimate of drug-likeness (QED) is 0.771. The summed E-state index contributed by atoms with van der Waals surface area (Å²) in [5.41, 5.74) is -0.501. The van der Waals surface area contributed by atoms with Crippen LogP contribution in [0.2, 0.25) is 0 Å². The van der Waals surface area contributed by atoms with Gasteiger partial charge in [-0.3, -0.25) is 0 Å². The van der Waals surface area contributed by atoms with Gasteiger partial charge in [0.15, 0.2) is 6.33 Å². The van der Waals surface area contributed by atoms with E-state index in [1.807, 2.05) is 0 Å². The highest BCUT2D eigenvalue weighted by Gasteiger charge is 2.16. The van der Waals surface area contributed by atoms with E-state index in [0.29, 0.717) is 5.89 Å². The number of carbonyl (C=O) groups excluding carboxylic acids is 1. The summed E-state index contributed by atoms with van der Waals surface area (Å²) in [5.74, 6) is 0.343. The monoisotopic (exact) mass is 199 g/mol. The molecule has 0 unspecified atom stereocenters. The minimum Gasteiger partial charge on any atom is -0.444 e. The molecule has 14 heavy (non-hydrogen) atoms. The van der Waals surface area contributed by atoms with Gasteiger partial charge in [0.05, 0.1) is 0 Å². The standard InChI is InChI=1S/C8H13N3O3/c1-8(2,3)13-7(12)9-4-6-10-5-11-14-6/h5H,4H2,1-3H3,(H,9,12). The summed E-state index contributed by atoms with van der Waals surface area (Å²) >= 11 is 0. The Morgan fingerprint density at radius 1 is 1.64 bits per heavy atom. The number of nitrogens with one attached hydrogen (secondary N) is 1. The molecule has 1 aromatic heterocycles. The van der Waals surface area contributed by atoms with Crippen molar-refractivity contribution in [3.05, 3.63) is 12.2 Å². The molecule has 0 saturated carbocycles. The zero-order valence-electron chi connectivity index (χ0n) is 8.40. The number of carbonyl (C=O) groups is 1. The highest BCUT2D eigenvalue weighted by Crippen LogP contribution is 2.06. The fourth-order valence-electron chi connectivity index (χ4n) is 0.736. The molecule has 0 bridgehead atoms. The van der Waals surface area contributed by atoms with E-state index in [2.05, 4.69) is 20.0 Å². The van der Waals surface area contributed by atoms with Gasteiger partial charge in [0.1, 0.15) is 12.1 Å². The topological polar surface area (TPSA) is 77.2 Å². The van der Waals surface area contributed by atoms with Gasteiger partial charge in [-0.25, -0.2) is 4.79 Å². The van der Waals surface area contributed by atoms with Crippen molar-refractivity contribution in [3.8, 4) is 0 Å². The molecule has 78 valence electrons. The summed E-state index contributed by atoms with van der Waals surface area (Å²) < 4.78 is 9.68. The Morgan fingerprint density at radius 3 is 2.86 bits per heavy atom. The molecule has 1 rings (SSSR count). The molecule has 6 heteroatoms. The number of nitrogens with zero attached hydrogens (tertiary/aromatic N) is 2. The first-order valence-electron chi connectivity index (χ1n) is 4.20. The van der Waals surface area contributed by atoms with Crippen molar-refractivity contribution in [2.75, 3.05) is 0 Å². The van der Waals surface area contributed by atoms with Gasteiger partial charge in [0.25, 0.3) is 0 Å². The van der Waals surface area contributed by atoms with Crippen LogP contribution in [0.15, 0.2) is 10.9 Å². The Balaban J connectivity index is 2.29. The van der Waals surface area contributed by atoms with Crippen LogP contribution in [-0.2, 0) is 11.3 Å². The Hall–Kier alpha value is -1.59. The van der Waals surface area contributed by atoms with Gasteiger partial charge in [-0.2, -0.15) is 4.98 Å². The van der Waals surface area contributed by atoms with Crippen molar-refractivity contribution in [1.82, 2.24) is 15.5 Å². The van der Waals surface area contributed by atoms with Crippen LogP contribution in [0, 0.1) is 0 Å². The number of hydrogen-bond donors (Lipinski definition) is 1. The largest absolute Gasteiger partial charge is 0.444 e. The zero-order valence-corrected chi connectivity index (χ0v) is 8.40. The first-order chi connectivity index (χ1) is 6.47. The smallest absolute Gasteiger partial charge is 0.408 e. The zero-order chi connectivity index (χ0) is 10.6. The summed E-state index contributed by atoms with van der Waals surface area (Å²) in [6.07, 6.45) is 0.766. The van der Waals surface area contributed by atoms with E-state index >= 15 is 0 Å². The maximum atomic E-state index is 11.1. The molecule has 0 atom stereocenters. The van der Waals surface area contributed by atoms with Crippen molar-refractivity contribution >= 4 is 6.09 Å². The number of aromatic nitrogens is 2. The molecular weight excluding hydrogens is 186 g/mol. The maximum Gasteiger partial charge on any atom is 0.408 e. The van der Waals surface area contributed by atoms with E-state index in [0.717, 1.165) is 0 Å². The van der Waals surface area contributed by atoms with Crippen LogP contribution < -0.4 is 5.32 Å². The van der Waals surface area contributed by atoms with Crippen LogP contribution in [0.25, 0.3) is 0 Å². The van der Waals surface area contributed by atoms with Crippen LogP contribution in [0.5, 0.6) is 0 Å². The second kappa shape index (κ2) is 4.08. The van der Waals surface area contributed by atoms with Gasteiger partial charge >= 0.3 is 6.09 Å². The molecule has 1 aromatic rings. The molecule has 1 heterocycles.